The lowest BCUT2D eigenvalue weighted by atomic mass is 10.5. The van der Waals surface area contributed by atoms with Crippen molar-refractivity contribution in [2.24, 2.45) is 5.73 Å². The summed E-state index contributed by atoms with van der Waals surface area (Å²) in [4.78, 5) is 12.3. The number of hydrazine groups is 1. The molecule has 0 unspecified atom stereocenters. The fourth-order valence-electron chi connectivity index (χ4n) is 0.398. The van der Waals surface area contributed by atoms with E-state index in [-0.39, 0.29) is 5.96 Å². The number of nitrogens with one attached hydrogen (secondary N) is 2. The molecule has 0 saturated heterocycles. The highest BCUT2D eigenvalue weighted by atomic mass is 16.7. The van der Waals surface area contributed by atoms with Gasteiger partial charge in [0, 0.05) is 5.43 Å². The number of nitro groups is 1. The molecule has 6 nitrogen and oxygen atoms in total. The third kappa shape index (κ3) is 4.82. The van der Waals surface area contributed by atoms with Crippen LogP contribution in [0.3, 0.4) is 0 Å². The van der Waals surface area contributed by atoms with E-state index in [9.17, 15) is 10.1 Å². The monoisotopic (exact) mass is 147 g/mol. The Morgan fingerprint density at radius 2 is 2.50 bits per heavy atom. The summed E-state index contributed by atoms with van der Waals surface area (Å²) in [6, 6.07) is 0. The predicted molar refractivity (Wildman–Crippen MR) is 35.4 cm³/mol. The van der Waals surface area contributed by atoms with E-state index >= 15 is 0 Å². The molecule has 10 heavy (non-hydrogen) atoms. The Kier molecular flexibility index (Phi) is 3.94. The molecular weight excluding hydrogens is 136 g/mol. The SMILES string of the molecule is CCC[NH+]=C(N)N[N+](=O)[O-]. The van der Waals surface area contributed by atoms with E-state index in [1.54, 1.807) is 5.43 Å². The number of nitrogens with two attached hydrogens (primary N) is 1. The van der Waals surface area contributed by atoms with Crippen LogP contribution in [0, 0.1) is 10.1 Å². The van der Waals surface area contributed by atoms with Gasteiger partial charge in [-0.25, -0.2) is 10.1 Å². The molecule has 0 aliphatic heterocycles. The van der Waals surface area contributed by atoms with Gasteiger partial charge in [-0.3, -0.25) is 10.7 Å². The molecule has 0 rings (SSSR count). The zero-order valence-corrected chi connectivity index (χ0v) is 5.76. The Morgan fingerprint density at radius 3 is 2.90 bits per heavy atom. The van der Waals surface area contributed by atoms with E-state index in [4.69, 9.17) is 5.73 Å². The Balaban J connectivity index is 3.59. The average molecular weight is 147 g/mol. The molecule has 6 heteroatoms. The van der Waals surface area contributed by atoms with E-state index < -0.39 is 5.03 Å². The maximum absolute atomic E-state index is 9.73. The van der Waals surface area contributed by atoms with Gasteiger partial charge >= 0.3 is 5.96 Å². The first-order chi connectivity index (χ1) is 4.66. The summed E-state index contributed by atoms with van der Waals surface area (Å²) in [5.41, 5.74) is 6.90. The quantitative estimate of drug-likeness (QED) is 0.179. The topological polar surface area (TPSA) is 95.2 Å². The third-order valence-corrected chi connectivity index (χ3v) is 0.777. The normalized spacial score (nSPS) is 11.1. The fourth-order valence-corrected chi connectivity index (χ4v) is 0.398. The Morgan fingerprint density at radius 1 is 1.90 bits per heavy atom. The molecule has 0 radical (unpaired) electrons. The fraction of sp³-hybridized carbons (Fsp3) is 0.750. The van der Waals surface area contributed by atoms with Gasteiger partial charge in [-0.15, -0.1) is 0 Å². The van der Waals surface area contributed by atoms with Gasteiger partial charge in [0.15, 0.2) is 0 Å². The minimum Gasteiger partial charge on any atom is -0.286 e. The van der Waals surface area contributed by atoms with Crippen molar-refractivity contribution in [3.8, 4) is 0 Å². The Bertz CT molecular complexity index is 144. The smallest absolute Gasteiger partial charge is 0.286 e. The van der Waals surface area contributed by atoms with Crippen LogP contribution in [0.4, 0.5) is 0 Å². The van der Waals surface area contributed by atoms with Gasteiger partial charge in [0.05, 0.1) is 6.54 Å². The Labute approximate surface area is 58.2 Å². The summed E-state index contributed by atoms with van der Waals surface area (Å²) in [6.07, 6.45) is 0.875. The van der Waals surface area contributed by atoms with E-state index in [0.717, 1.165) is 6.42 Å². The molecule has 0 bridgehead atoms. The minimum atomic E-state index is -0.710. The van der Waals surface area contributed by atoms with Crippen molar-refractivity contribution in [1.29, 1.82) is 0 Å². The van der Waals surface area contributed by atoms with Crippen LogP contribution >= 0.6 is 0 Å². The van der Waals surface area contributed by atoms with Gasteiger partial charge in [-0.1, -0.05) is 6.92 Å². The molecular formula is C4H11N4O2+. The molecule has 0 aromatic rings. The molecule has 0 spiro atoms. The van der Waals surface area contributed by atoms with Crippen molar-refractivity contribution >= 4 is 5.96 Å². The maximum atomic E-state index is 9.73. The zero-order chi connectivity index (χ0) is 7.98. The summed E-state index contributed by atoms with van der Waals surface area (Å²) in [5, 5.41) is 9.02. The van der Waals surface area contributed by atoms with Gasteiger partial charge in [0.25, 0.3) is 0 Å². The van der Waals surface area contributed by atoms with Crippen LogP contribution < -0.4 is 16.2 Å². The highest BCUT2D eigenvalue weighted by Gasteiger charge is 2.04. The van der Waals surface area contributed by atoms with E-state index in [2.05, 4.69) is 4.99 Å². The van der Waals surface area contributed by atoms with Crippen LogP contribution in [0.25, 0.3) is 0 Å². The minimum absolute atomic E-state index is 0.0214. The predicted octanol–water partition coefficient (Wildman–Crippen LogP) is -2.43. The molecule has 0 aromatic heterocycles. The molecule has 4 N–H and O–H groups in total. The lowest BCUT2D eigenvalue weighted by molar-refractivity contribution is -0.546. The number of rotatable bonds is 3. The number of guanidine groups is 1. The first-order valence-corrected chi connectivity index (χ1v) is 2.94. The summed E-state index contributed by atoms with van der Waals surface area (Å²) in [6.45, 7) is 2.57. The summed E-state index contributed by atoms with van der Waals surface area (Å²) in [7, 11) is 0. The molecule has 0 saturated carbocycles. The molecule has 0 aliphatic carbocycles. The van der Waals surface area contributed by atoms with Crippen molar-refractivity contribution in [1.82, 2.24) is 5.43 Å². The maximum Gasteiger partial charge on any atom is 0.403 e. The van der Waals surface area contributed by atoms with Crippen LogP contribution in [0.15, 0.2) is 0 Å². The summed E-state index contributed by atoms with van der Waals surface area (Å²) >= 11 is 0. The van der Waals surface area contributed by atoms with Crippen LogP contribution in [-0.2, 0) is 0 Å². The van der Waals surface area contributed by atoms with Crippen LogP contribution in [0.2, 0.25) is 0 Å². The second-order valence-electron chi connectivity index (χ2n) is 1.71. The van der Waals surface area contributed by atoms with Crippen LogP contribution in [-0.4, -0.2) is 17.5 Å². The molecule has 0 aromatic carbocycles. The van der Waals surface area contributed by atoms with E-state index in [0.29, 0.717) is 6.54 Å². The van der Waals surface area contributed by atoms with Crippen molar-refractivity contribution in [3.63, 3.8) is 0 Å². The summed E-state index contributed by atoms with van der Waals surface area (Å²) in [5.74, 6) is -0.0214. The highest BCUT2D eigenvalue weighted by molar-refractivity contribution is 5.70. The van der Waals surface area contributed by atoms with Gasteiger partial charge in [0.1, 0.15) is 0 Å². The van der Waals surface area contributed by atoms with E-state index in [1.165, 1.54) is 0 Å². The molecule has 0 fully saturated rings. The van der Waals surface area contributed by atoms with Gasteiger partial charge in [0.2, 0.25) is 5.03 Å². The first-order valence-electron chi connectivity index (χ1n) is 2.94. The van der Waals surface area contributed by atoms with E-state index in [1.807, 2.05) is 6.92 Å². The molecule has 0 aliphatic rings. The second-order valence-corrected chi connectivity index (χ2v) is 1.71. The summed E-state index contributed by atoms with van der Waals surface area (Å²) < 4.78 is 0. The average Bonchev–Trinajstić information content (AvgIpc) is 1.82. The van der Waals surface area contributed by atoms with Crippen molar-refractivity contribution in [3.05, 3.63) is 10.1 Å². The zero-order valence-electron chi connectivity index (χ0n) is 5.76. The highest BCUT2D eigenvalue weighted by Crippen LogP contribution is 1.57. The standard InChI is InChI=1S/C4H10N4O2/c1-2-3-6-4(5)7-8(9)10/h2-3H2,1H3,(H3,5,6,7)/p+1. The second kappa shape index (κ2) is 4.54. The Hall–Kier alpha value is -1.33. The molecule has 0 heterocycles. The van der Waals surface area contributed by atoms with Gasteiger partial charge < -0.3 is 0 Å². The van der Waals surface area contributed by atoms with Crippen molar-refractivity contribution in [2.75, 3.05) is 6.54 Å². The first kappa shape index (κ1) is 8.67. The van der Waals surface area contributed by atoms with Crippen LogP contribution in [0.1, 0.15) is 13.3 Å². The number of nitrogens with zero attached hydrogens (tertiary/aromatic N) is 1. The van der Waals surface area contributed by atoms with Crippen molar-refractivity contribution < 1.29 is 10.0 Å². The van der Waals surface area contributed by atoms with Gasteiger partial charge in [-0.2, -0.15) is 0 Å². The number of hydrogen-bond acceptors (Lipinski definition) is 2. The lowest BCUT2D eigenvalue weighted by Crippen LogP contribution is -2.79. The largest absolute Gasteiger partial charge is 0.403 e. The third-order valence-electron chi connectivity index (χ3n) is 0.777. The molecule has 0 amide bonds. The van der Waals surface area contributed by atoms with Crippen molar-refractivity contribution in [2.45, 2.75) is 13.3 Å². The molecule has 58 valence electrons. The van der Waals surface area contributed by atoms with Crippen LogP contribution in [0.5, 0.6) is 0 Å². The van der Waals surface area contributed by atoms with Gasteiger partial charge in [-0.05, 0) is 6.42 Å². The number of hydrogen-bond donors (Lipinski definition) is 3. The lowest BCUT2D eigenvalue weighted by Gasteiger charge is -1.87. The molecule has 0 atom stereocenters.